The molecule has 3 rings (SSSR count). The minimum Gasteiger partial charge on any atom is -0.472 e. The van der Waals surface area contributed by atoms with Crippen LogP contribution in [0.4, 0.5) is 10.6 Å². The SMILES string of the molecule is CC(C)[Si](O)(O[Si](OCC1=CC[C@H](n2ccc(NC(=O)Oc3ccccc3)nc2=O)O1)(C(C)C)C(C)C)C(C)C. The molecule has 2 heterocycles. The Hall–Kier alpha value is -2.78. The molecule has 0 bridgehead atoms. The zero-order chi connectivity index (χ0) is 29.7. The van der Waals surface area contributed by atoms with E-state index in [1.807, 2.05) is 39.8 Å². The lowest BCUT2D eigenvalue weighted by Crippen LogP contribution is -2.60. The third-order valence-electron chi connectivity index (χ3n) is 7.19. The summed E-state index contributed by atoms with van der Waals surface area (Å²) in [6, 6.07) is 10.1. The summed E-state index contributed by atoms with van der Waals surface area (Å²) in [6.07, 6.45) is 2.55. The summed E-state index contributed by atoms with van der Waals surface area (Å²) in [5, 5.41) is 2.46. The van der Waals surface area contributed by atoms with Crippen molar-refractivity contribution in [1.82, 2.24) is 9.55 Å². The molecule has 2 aromatic rings. The molecule has 220 valence electrons. The van der Waals surface area contributed by atoms with Crippen LogP contribution in [-0.4, -0.2) is 44.2 Å². The zero-order valence-corrected chi connectivity index (χ0v) is 26.7. The van der Waals surface area contributed by atoms with Crippen molar-refractivity contribution in [2.75, 3.05) is 11.9 Å². The second-order valence-corrected chi connectivity index (χ2v) is 20.0. The number of hydrogen-bond donors (Lipinski definition) is 2. The lowest BCUT2D eigenvalue weighted by molar-refractivity contribution is 0.0561. The van der Waals surface area contributed by atoms with Crippen LogP contribution in [0.3, 0.4) is 0 Å². The molecule has 0 saturated carbocycles. The van der Waals surface area contributed by atoms with Gasteiger partial charge in [0.25, 0.3) is 0 Å². The molecular weight excluding hydrogens is 546 g/mol. The Morgan fingerprint density at radius 3 is 2.23 bits per heavy atom. The lowest BCUT2D eigenvalue weighted by Gasteiger charge is -2.45. The van der Waals surface area contributed by atoms with Gasteiger partial charge in [0.05, 0.1) is 6.61 Å². The number of nitrogens with zero attached hydrogens (tertiary/aromatic N) is 2. The number of aromatic nitrogens is 2. The Morgan fingerprint density at radius 1 is 1.05 bits per heavy atom. The Balaban J connectivity index is 1.66. The molecule has 1 amide bonds. The fraction of sp³-hybridized carbons (Fsp3) is 0.536. The summed E-state index contributed by atoms with van der Waals surface area (Å²) in [5.74, 6) is 1.05. The van der Waals surface area contributed by atoms with E-state index < -0.39 is 35.1 Å². The summed E-state index contributed by atoms with van der Waals surface area (Å²) >= 11 is 0. The van der Waals surface area contributed by atoms with Gasteiger partial charge in [-0.15, -0.1) is 0 Å². The van der Waals surface area contributed by atoms with Crippen molar-refractivity contribution in [1.29, 1.82) is 0 Å². The highest BCUT2D eigenvalue weighted by Gasteiger charge is 2.54. The average Bonchev–Trinajstić information content (AvgIpc) is 3.35. The van der Waals surface area contributed by atoms with Gasteiger partial charge in [-0.2, -0.15) is 4.98 Å². The molecular formula is C28H43N3O7Si2. The maximum atomic E-state index is 12.7. The summed E-state index contributed by atoms with van der Waals surface area (Å²) in [6.45, 7) is 16.6. The number of hydrogen-bond acceptors (Lipinski definition) is 8. The van der Waals surface area contributed by atoms with E-state index in [-0.39, 0.29) is 34.6 Å². The van der Waals surface area contributed by atoms with E-state index in [4.69, 9.17) is 18.0 Å². The summed E-state index contributed by atoms with van der Waals surface area (Å²) in [4.78, 5) is 40.4. The van der Waals surface area contributed by atoms with Crippen LogP contribution in [-0.2, 0) is 13.3 Å². The molecule has 0 unspecified atom stereocenters. The first-order valence-corrected chi connectivity index (χ1v) is 17.8. The molecule has 1 aromatic heterocycles. The second-order valence-electron chi connectivity index (χ2n) is 11.3. The molecule has 1 atom stereocenters. The first-order chi connectivity index (χ1) is 18.8. The molecule has 0 fully saturated rings. The Labute approximate surface area is 238 Å². The van der Waals surface area contributed by atoms with Crippen molar-refractivity contribution in [3.8, 4) is 5.75 Å². The molecule has 12 heteroatoms. The standard InChI is InChI=1S/C28H43N3O7Si2/c1-19(2)39(34,20(3)4)38-40(21(5)6,22(7)8)35-18-24-14-15-26(36-24)31-17-16-25(29-27(31)32)30-28(33)37-23-12-10-9-11-13-23/h9-14,16-17,19-22,26,34H,15,18H2,1-8H3,(H,29,30,32,33)/t26-/m1/s1. The summed E-state index contributed by atoms with van der Waals surface area (Å²) < 4.78 is 26.0. The molecule has 0 saturated heterocycles. The van der Waals surface area contributed by atoms with Crippen molar-refractivity contribution in [3.05, 3.63) is 64.9 Å². The predicted molar refractivity (Wildman–Crippen MR) is 159 cm³/mol. The van der Waals surface area contributed by atoms with Crippen molar-refractivity contribution < 1.29 is 27.6 Å². The average molecular weight is 590 g/mol. The van der Waals surface area contributed by atoms with Crippen molar-refractivity contribution in [2.45, 2.75) is 90.2 Å². The highest BCUT2D eigenvalue weighted by atomic mass is 28.5. The van der Waals surface area contributed by atoms with E-state index in [0.717, 1.165) is 0 Å². The fourth-order valence-corrected chi connectivity index (χ4v) is 14.6. The van der Waals surface area contributed by atoms with Gasteiger partial charge in [-0.1, -0.05) is 73.6 Å². The number of amides is 1. The normalized spacial score (nSPS) is 16.0. The molecule has 1 aliphatic heterocycles. The molecule has 2 N–H and O–H groups in total. The predicted octanol–water partition coefficient (Wildman–Crippen LogP) is 6.21. The van der Waals surface area contributed by atoms with E-state index in [1.165, 1.54) is 16.8 Å². The van der Waals surface area contributed by atoms with Gasteiger partial charge in [0, 0.05) is 12.6 Å². The zero-order valence-electron chi connectivity index (χ0n) is 24.7. The van der Waals surface area contributed by atoms with E-state index in [9.17, 15) is 14.4 Å². The van der Waals surface area contributed by atoms with Crippen LogP contribution in [0.15, 0.2) is 59.2 Å². The van der Waals surface area contributed by atoms with Crippen molar-refractivity contribution in [2.24, 2.45) is 0 Å². The Morgan fingerprint density at radius 2 is 1.68 bits per heavy atom. The largest absolute Gasteiger partial charge is 0.472 e. The molecule has 0 radical (unpaired) electrons. The molecule has 0 aliphatic carbocycles. The monoisotopic (exact) mass is 589 g/mol. The first kappa shape index (κ1) is 31.7. The molecule has 0 spiro atoms. The highest BCUT2D eigenvalue weighted by molar-refractivity contribution is 6.83. The van der Waals surface area contributed by atoms with Gasteiger partial charge in [-0.05, 0) is 46.4 Å². The van der Waals surface area contributed by atoms with Crippen LogP contribution in [0, 0.1) is 0 Å². The quantitative estimate of drug-likeness (QED) is 0.281. The van der Waals surface area contributed by atoms with Crippen LogP contribution in [0.2, 0.25) is 22.2 Å². The van der Waals surface area contributed by atoms with Gasteiger partial charge in [0.2, 0.25) is 0 Å². The maximum absolute atomic E-state index is 12.7. The minimum atomic E-state index is -3.07. The lowest BCUT2D eigenvalue weighted by atomic mass is 10.3. The van der Waals surface area contributed by atoms with Gasteiger partial charge in [0.1, 0.15) is 17.3 Å². The van der Waals surface area contributed by atoms with Crippen LogP contribution in [0.25, 0.3) is 0 Å². The second kappa shape index (κ2) is 13.3. The third kappa shape index (κ3) is 7.29. The van der Waals surface area contributed by atoms with Crippen molar-refractivity contribution >= 4 is 29.0 Å². The number of ether oxygens (including phenoxy) is 2. The highest BCUT2D eigenvalue weighted by Crippen LogP contribution is 2.42. The summed E-state index contributed by atoms with van der Waals surface area (Å²) in [5.41, 5.74) is -0.336. The molecule has 10 nitrogen and oxygen atoms in total. The van der Waals surface area contributed by atoms with Crippen LogP contribution in [0.1, 0.15) is 68.0 Å². The van der Waals surface area contributed by atoms with Gasteiger partial charge < -0.3 is 22.8 Å². The number of anilines is 1. The number of carbonyl (C=O) groups is 1. The van der Waals surface area contributed by atoms with Crippen LogP contribution in [0.5, 0.6) is 5.75 Å². The van der Waals surface area contributed by atoms with E-state index in [0.29, 0.717) is 17.9 Å². The van der Waals surface area contributed by atoms with Gasteiger partial charge in [0.15, 0.2) is 6.23 Å². The Kier molecular flexibility index (Phi) is 10.5. The maximum Gasteiger partial charge on any atom is 0.418 e. The number of benzene rings is 1. The van der Waals surface area contributed by atoms with Gasteiger partial charge in [-0.25, -0.2) is 9.59 Å². The first-order valence-electron chi connectivity index (χ1n) is 13.8. The van der Waals surface area contributed by atoms with E-state index in [2.05, 4.69) is 38.0 Å². The number of para-hydroxylation sites is 1. The van der Waals surface area contributed by atoms with Crippen molar-refractivity contribution in [3.63, 3.8) is 0 Å². The fourth-order valence-electron chi connectivity index (χ4n) is 4.80. The third-order valence-corrected chi connectivity index (χ3v) is 16.9. The van der Waals surface area contributed by atoms with E-state index >= 15 is 0 Å². The molecule has 40 heavy (non-hydrogen) atoms. The number of carbonyl (C=O) groups excluding carboxylic acids is 1. The van der Waals surface area contributed by atoms with Crippen LogP contribution >= 0.6 is 0 Å². The van der Waals surface area contributed by atoms with Crippen LogP contribution < -0.4 is 15.7 Å². The minimum absolute atomic E-state index is 0.0174. The number of rotatable bonds is 12. The molecule has 1 aliphatic rings. The Bertz CT molecular complexity index is 1220. The smallest absolute Gasteiger partial charge is 0.418 e. The van der Waals surface area contributed by atoms with E-state index in [1.54, 1.807) is 24.3 Å². The molecule has 1 aromatic carbocycles. The van der Waals surface area contributed by atoms with Gasteiger partial charge >= 0.3 is 28.9 Å². The summed E-state index contributed by atoms with van der Waals surface area (Å²) in [7, 11) is -5.96. The topological polar surface area (TPSA) is 121 Å². The number of nitrogens with one attached hydrogen (secondary N) is 1. The van der Waals surface area contributed by atoms with Gasteiger partial charge in [-0.3, -0.25) is 9.88 Å².